The molecule has 0 amide bonds. The Morgan fingerprint density at radius 1 is 1.03 bits per heavy atom. The average Bonchev–Trinajstić information content (AvgIpc) is 3.16. The van der Waals surface area contributed by atoms with Gasteiger partial charge in [-0.05, 0) is 68.0 Å². The fourth-order valence-corrected chi connectivity index (χ4v) is 4.07. The number of hydrogen-bond donors (Lipinski definition) is 0. The molecule has 0 aliphatic carbocycles. The van der Waals surface area contributed by atoms with Gasteiger partial charge in [-0.25, -0.2) is 14.2 Å². The lowest BCUT2D eigenvalue weighted by Crippen LogP contribution is -2.11. The van der Waals surface area contributed by atoms with Crippen molar-refractivity contribution in [2.24, 2.45) is 4.99 Å². The number of aliphatic imine (C=N–C) groups is 1. The molecule has 1 aliphatic heterocycles. The molecule has 0 bridgehead atoms. The highest BCUT2D eigenvalue weighted by Crippen LogP contribution is 2.32. The van der Waals surface area contributed by atoms with Gasteiger partial charge >= 0.3 is 16.1 Å². The molecule has 0 fully saturated rings. The number of nitrogens with zero attached hydrogens (tertiary/aromatic N) is 1. The van der Waals surface area contributed by atoms with E-state index in [1.807, 2.05) is 6.92 Å². The summed E-state index contributed by atoms with van der Waals surface area (Å²) in [4.78, 5) is 16.4. The zero-order valence-corrected chi connectivity index (χ0v) is 19.1. The molecular formula is C25H20FNO6S. The summed E-state index contributed by atoms with van der Waals surface area (Å²) in [5.74, 6) is -1.01. The van der Waals surface area contributed by atoms with Crippen LogP contribution in [0, 0.1) is 12.7 Å². The first kappa shape index (κ1) is 23.2. The van der Waals surface area contributed by atoms with E-state index in [2.05, 4.69) is 4.99 Å². The maximum atomic E-state index is 13.5. The second-order valence-electron chi connectivity index (χ2n) is 7.34. The molecule has 1 aliphatic rings. The number of hydrogen-bond acceptors (Lipinski definition) is 7. The Kier molecular flexibility index (Phi) is 6.47. The molecule has 0 atom stereocenters. The number of halogens is 1. The number of carbonyl (C=O) groups excluding carboxylic acids is 1. The summed E-state index contributed by atoms with van der Waals surface area (Å²) in [6, 6.07) is 16.3. The zero-order valence-electron chi connectivity index (χ0n) is 18.3. The summed E-state index contributed by atoms with van der Waals surface area (Å²) in [6.07, 6.45) is 1.45. The monoisotopic (exact) mass is 481 g/mol. The van der Waals surface area contributed by atoms with Crippen molar-refractivity contribution in [3.8, 4) is 11.5 Å². The molecule has 3 aromatic rings. The van der Waals surface area contributed by atoms with Gasteiger partial charge in [-0.15, -0.1) is 0 Å². The first-order valence-electron chi connectivity index (χ1n) is 10.3. The topological polar surface area (TPSA) is 91.3 Å². The van der Waals surface area contributed by atoms with Gasteiger partial charge < -0.3 is 13.7 Å². The number of esters is 1. The van der Waals surface area contributed by atoms with Gasteiger partial charge in [0.15, 0.2) is 17.2 Å². The average molecular weight is 482 g/mol. The van der Waals surface area contributed by atoms with Gasteiger partial charge in [0.2, 0.25) is 5.90 Å². The van der Waals surface area contributed by atoms with Gasteiger partial charge in [0.1, 0.15) is 10.7 Å². The van der Waals surface area contributed by atoms with E-state index in [1.54, 1.807) is 31.2 Å². The predicted octanol–water partition coefficient (Wildman–Crippen LogP) is 4.65. The predicted molar refractivity (Wildman–Crippen MR) is 124 cm³/mol. The summed E-state index contributed by atoms with van der Waals surface area (Å²) in [7, 11) is -4.08. The Labute approximate surface area is 196 Å². The summed E-state index contributed by atoms with van der Waals surface area (Å²) < 4.78 is 54.9. The number of carbonyl (C=O) groups is 1. The van der Waals surface area contributed by atoms with Gasteiger partial charge in [0.05, 0.1) is 6.61 Å². The zero-order chi connectivity index (χ0) is 24.3. The standard InChI is InChI=1S/C25H20FNO6S/c1-3-31-23-14-17(9-12-22(23)33-34(29,30)20-10-7-16(2)8-11-20)13-21-25(28)32-24(27-21)18-5-4-6-19(26)15-18/h4-15H,3H2,1-2H3/b21-13+. The van der Waals surface area contributed by atoms with Crippen LogP contribution in [0.2, 0.25) is 0 Å². The molecular weight excluding hydrogens is 461 g/mol. The van der Waals surface area contributed by atoms with Crippen molar-refractivity contribution < 1.29 is 31.3 Å². The van der Waals surface area contributed by atoms with Crippen LogP contribution in [0.5, 0.6) is 11.5 Å². The summed E-state index contributed by atoms with van der Waals surface area (Å²) >= 11 is 0. The molecule has 34 heavy (non-hydrogen) atoms. The Balaban J connectivity index is 1.63. The van der Waals surface area contributed by atoms with E-state index < -0.39 is 21.9 Å². The third kappa shape index (κ3) is 5.15. The second kappa shape index (κ2) is 9.48. The van der Waals surface area contributed by atoms with Crippen LogP contribution in [0.1, 0.15) is 23.6 Å². The van der Waals surface area contributed by atoms with Crippen LogP contribution in [-0.2, 0) is 19.6 Å². The lowest BCUT2D eigenvalue weighted by atomic mass is 10.1. The largest absolute Gasteiger partial charge is 0.490 e. The summed E-state index contributed by atoms with van der Waals surface area (Å²) in [6.45, 7) is 3.85. The fraction of sp³-hybridized carbons (Fsp3) is 0.120. The van der Waals surface area contributed by atoms with Gasteiger partial charge in [0, 0.05) is 5.56 Å². The highest BCUT2D eigenvalue weighted by molar-refractivity contribution is 7.87. The van der Waals surface area contributed by atoms with Crippen molar-refractivity contribution in [1.82, 2.24) is 0 Å². The van der Waals surface area contributed by atoms with Crippen LogP contribution in [0.15, 0.2) is 82.3 Å². The van der Waals surface area contributed by atoms with Crippen molar-refractivity contribution in [3.05, 3.63) is 94.9 Å². The van der Waals surface area contributed by atoms with Crippen molar-refractivity contribution >= 4 is 28.1 Å². The highest BCUT2D eigenvalue weighted by atomic mass is 32.2. The molecule has 0 spiro atoms. The Bertz CT molecular complexity index is 1410. The number of rotatable bonds is 7. The molecule has 4 rings (SSSR count). The van der Waals surface area contributed by atoms with Crippen LogP contribution >= 0.6 is 0 Å². The van der Waals surface area contributed by atoms with E-state index in [0.29, 0.717) is 11.1 Å². The van der Waals surface area contributed by atoms with Crippen molar-refractivity contribution in [2.75, 3.05) is 6.61 Å². The van der Waals surface area contributed by atoms with Crippen molar-refractivity contribution in [3.63, 3.8) is 0 Å². The van der Waals surface area contributed by atoms with Crippen LogP contribution < -0.4 is 8.92 Å². The first-order valence-corrected chi connectivity index (χ1v) is 11.7. The van der Waals surface area contributed by atoms with Crippen LogP contribution in [-0.4, -0.2) is 26.9 Å². The van der Waals surface area contributed by atoms with E-state index in [0.717, 1.165) is 5.56 Å². The van der Waals surface area contributed by atoms with Gasteiger partial charge in [-0.1, -0.05) is 29.8 Å². The maximum absolute atomic E-state index is 13.5. The van der Waals surface area contributed by atoms with Gasteiger partial charge in [-0.2, -0.15) is 8.42 Å². The normalized spacial score (nSPS) is 14.6. The Hall–Kier alpha value is -3.98. The minimum absolute atomic E-state index is 0.00234. The lowest BCUT2D eigenvalue weighted by Gasteiger charge is -2.12. The molecule has 1 heterocycles. The lowest BCUT2D eigenvalue weighted by molar-refractivity contribution is -0.129. The molecule has 0 aromatic heterocycles. The van der Waals surface area contributed by atoms with E-state index in [1.165, 1.54) is 48.5 Å². The summed E-state index contributed by atoms with van der Waals surface area (Å²) in [5, 5.41) is 0. The molecule has 0 N–H and O–H groups in total. The van der Waals surface area contributed by atoms with Crippen molar-refractivity contribution in [2.45, 2.75) is 18.7 Å². The quantitative estimate of drug-likeness (QED) is 0.277. The van der Waals surface area contributed by atoms with Gasteiger partial charge in [-0.3, -0.25) is 0 Å². The number of ether oxygens (including phenoxy) is 2. The molecule has 174 valence electrons. The SMILES string of the molecule is CCOc1cc(/C=C2/N=C(c3cccc(F)c3)OC2=O)ccc1OS(=O)(=O)c1ccc(C)cc1. The smallest absolute Gasteiger partial charge is 0.363 e. The maximum Gasteiger partial charge on any atom is 0.363 e. The van der Waals surface area contributed by atoms with E-state index >= 15 is 0 Å². The molecule has 0 unspecified atom stereocenters. The molecule has 3 aromatic carbocycles. The van der Waals surface area contributed by atoms with E-state index in [9.17, 15) is 17.6 Å². The van der Waals surface area contributed by atoms with Crippen LogP contribution in [0.3, 0.4) is 0 Å². The van der Waals surface area contributed by atoms with Crippen molar-refractivity contribution in [1.29, 1.82) is 0 Å². The second-order valence-corrected chi connectivity index (χ2v) is 8.88. The number of aryl methyl sites for hydroxylation is 1. The fourth-order valence-electron chi connectivity index (χ4n) is 3.13. The number of cyclic esters (lactones) is 1. The Morgan fingerprint density at radius 3 is 2.50 bits per heavy atom. The third-order valence-corrected chi connectivity index (χ3v) is 6.02. The highest BCUT2D eigenvalue weighted by Gasteiger charge is 2.25. The van der Waals surface area contributed by atoms with Gasteiger partial charge in [0.25, 0.3) is 0 Å². The molecule has 0 saturated heterocycles. The summed E-state index contributed by atoms with van der Waals surface area (Å²) in [5.41, 5.74) is 1.75. The van der Waals surface area contributed by atoms with Crippen LogP contribution in [0.4, 0.5) is 4.39 Å². The van der Waals surface area contributed by atoms with E-state index in [-0.39, 0.29) is 34.6 Å². The molecule has 0 saturated carbocycles. The molecule has 0 radical (unpaired) electrons. The molecule has 9 heteroatoms. The van der Waals surface area contributed by atoms with Crippen LogP contribution in [0.25, 0.3) is 6.08 Å². The molecule has 7 nitrogen and oxygen atoms in total. The van der Waals surface area contributed by atoms with E-state index in [4.69, 9.17) is 13.7 Å². The Morgan fingerprint density at radius 2 is 1.79 bits per heavy atom. The first-order chi connectivity index (χ1) is 16.2. The third-order valence-electron chi connectivity index (χ3n) is 4.77. The minimum atomic E-state index is -4.08. The number of benzene rings is 3. The minimum Gasteiger partial charge on any atom is -0.490 e.